The van der Waals surface area contributed by atoms with Crippen molar-refractivity contribution in [1.29, 1.82) is 5.41 Å². The molecule has 1 aromatic rings. The summed E-state index contributed by atoms with van der Waals surface area (Å²) in [7, 11) is 0. The number of nitrogen functional groups attached to an aromatic ring is 1. The molecule has 0 saturated carbocycles. The van der Waals surface area contributed by atoms with Crippen molar-refractivity contribution < 1.29 is 9.18 Å². The summed E-state index contributed by atoms with van der Waals surface area (Å²) in [6.45, 7) is 3.58. The average Bonchev–Trinajstić information content (AvgIpc) is 2.40. The number of anilines is 1. The molecule has 0 aromatic heterocycles. The Bertz CT molecular complexity index is 532. The van der Waals surface area contributed by atoms with Crippen molar-refractivity contribution in [2.24, 2.45) is 11.7 Å². The summed E-state index contributed by atoms with van der Waals surface area (Å²) in [5.74, 6) is -0.428. The van der Waals surface area contributed by atoms with E-state index in [-0.39, 0.29) is 17.4 Å². The number of benzene rings is 1. The van der Waals surface area contributed by atoms with Crippen LogP contribution in [-0.2, 0) is 0 Å². The van der Waals surface area contributed by atoms with Crippen molar-refractivity contribution in [2.75, 3.05) is 18.4 Å². The molecule has 1 aliphatic heterocycles. The zero-order valence-corrected chi connectivity index (χ0v) is 11.4. The van der Waals surface area contributed by atoms with Crippen molar-refractivity contribution in [1.82, 2.24) is 4.90 Å². The maximum atomic E-state index is 13.4. The number of nitrogens with zero attached hydrogens (tertiary/aromatic N) is 1. The van der Waals surface area contributed by atoms with Gasteiger partial charge in [-0.3, -0.25) is 5.41 Å². The topological polar surface area (TPSA) is 82.2 Å². The van der Waals surface area contributed by atoms with E-state index < -0.39 is 5.82 Å². The van der Waals surface area contributed by atoms with Gasteiger partial charge in [-0.2, -0.15) is 0 Å². The smallest absolute Gasteiger partial charge is 0.321 e. The lowest BCUT2D eigenvalue weighted by atomic mass is 10.0. The molecule has 20 heavy (non-hydrogen) atoms. The van der Waals surface area contributed by atoms with Gasteiger partial charge in [-0.1, -0.05) is 6.92 Å². The molecule has 2 rings (SSSR count). The SMILES string of the molecule is CC1CCCN(C(=O)Nc2ccc(F)c(C(=N)N)c2)C1. The minimum absolute atomic E-state index is 0.00480. The number of carbonyl (C=O) groups excluding carboxylic acids is 1. The van der Waals surface area contributed by atoms with Crippen LogP contribution in [-0.4, -0.2) is 29.9 Å². The maximum absolute atomic E-state index is 13.4. The van der Waals surface area contributed by atoms with E-state index in [4.69, 9.17) is 11.1 Å². The van der Waals surface area contributed by atoms with Crippen LogP contribution >= 0.6 is 0 Å². The van der Waals surface area contributed by atoms with E-state index >= 15 is 0 Å². The molecule has 0 radical (unpaired) electrons. The number of amides is 2. The predicted octanol–water partition coefficient (Wildman–Crippen LogP) is 2.37. The lowest BCUT2D eigenvalue weighted by Crippen LogP contribution is -2.41. The zero-order chi connectivity index (χ0) is 14.7. The van der Waals surface area contributed by atoms with Crippen LogP contribution in [0.15, 0.2) is 18.2 Å². The van der Waals surface area contributed by atoms with Gasteiger partial charge >= 0.3 is 6.03 Å². The third-order valence-electron chi connectivity index (χ3n) is 3.45. The molecule has 1 saturated heterocycles. The van der Waals surface area contributed by atoms with Gasteiger partial charge < -0.3 is 16.0 Å². The Morgan fingerprint density at radius 2 is 2.30 bits per heavy atom. The van der Waals surface area contributed by atoms with Gasteiger partial charge in [-0.05, 0) is 37.0 Å². The van der Waals surface area contributed by atoms with Gasteiger partial charge in [0.15, 0.2) is 0 Å². The first-order chi connectivity index (χ1) is 9.47. The fourth-order valence-corrected chi connectivity index (χ4v) is 2.39. The van der Waals surface area contributed by atoms with Gasteiger partial charge in [0, 0.05) is 18.8 Å². The largest absolute Gasteiger partial charge is 0.384 e. The molecule has 1 unspecified atom stereocenters. The molecular weight excluding hydrogens is 259 g/mol. The fourth-order valence-electron chi connectivity index (χ4n) is 2.39. The predicted molar refractivity (Wildman–Crippen MR) is 76.4 cm³/mol. The third kappa shape index (κ3) is 3.26. The van der Waals surface area contributed by atoms with Crippen LogP contribution in [0, 0.1) is 17.1 Å². The molecule has 1 aliphatic rings. The van der Waals surface area contributed by atoms with Crippen LogP contribution in [0.1, 0.15) is 25.3 Å². The Morgan fingerprint density at radius 3 is 2.95 bits per heavy atom. The molecule has 1 heterocycles. The fraction of sp³-hybridized carbons (Fsp3) is 0.429. The van der Waals surface area contributed by atoms with Gasteiger partial charge in [0.05, 0.1) is 5.56 Å². The number of amidine groups is 1. The van der Waals surface area contributed by atoms with Crippen LogP contribution in [0.5, 0.6) is 0 Å². The van der Waals surface area contributed by atoms with Crippen molar-refractivity contribution in [3.05, 3.63) is 29.6 Å². The number of likely N-dealkylation sites (tertiary alicyclic amines) is 1. The number of nitrogens with two attached hydrogens (primary N) is 1. The summed E-state index contributed by atoms with van der Waals surface area (Å²) in [6, 6.07) is 3.85. The molecule has 1 aromatic carbocycles. The molecule has 1 fully saturated rings. The molecule has 0 bridgehead atoms. The molecular formula is C14H19FN4O. The monoisotopic (exact) mass is 278 g/mol. The average molecular weight is 278 g/mol. The van der Waals surface area contributed by atoms with Crippen LogP contribution in [0.3, 0.4) is 0 Å². The van der Waals surface area contributed by atoms with E-state index in [0.717, 1.165) is 25.9 Å². The Hall–Kier alpha value is -2.11. The van der Waals surface area contributed by atoms with Crippen molar-refractivity contribution in [3.8, 4) is 0 Å². The lowest BCUT2D eigenvalue weighted by Gasteiger charge is -2.31. The van der Waals surface area contributed by atoms with E-state index in [1.165, 1.54) is 18.2 Å². The number of piperidine rings is 1. The number of rotatable bonds is 2. The second-order valence-corrected chi connectivity index (χ2v) is 5.23. The van der Waals surface area contributed by atoms with Gasteiger partial charge in [-0.15, -0.1) is 0 Å². The number of hydrogen-bond donors (Lipinski definition) is 3. The highest BCUT2D eigenvalue weighted by molar-refractivity contribution is 5.97. The molecule has 2 amide bonds. The highest BCUT2D eigenvalue weighted by Gasteiger charge is 2.21. The van der Waals surface area contributed by atoms with Crippen LogP contribution in [0.25, 0.3) is 0 Å². The second-order valence-electron chi connectivity index (χ2n) is 5.23. The summed E-state index contributed by atoms with van der Waals surface area (Å²) < 4.78 is 13.4. The number of urea groups is 1. The summed E-state index contributed by atoms with van der Waals surface area (Å²) in [5, 5.41) is 10.0. The first-order valence-electron chi connectivity index (χ1n) is 6.67. The molecule has 1 atom stereocenters. The Kier molecular flexibility index (Phi) is 4.22. The Morgan fingerprint density at radius 1 is 1.55 bits per heavy atom. The van der Waals surface area contributed by atoms with Crippen molar-refractivity contribution >= 4 is 17.6 Å². The molecule has 108 valence electrons. The maximum Gasteiger partial charge on any atom is 0.321 e. The van der Waals surface area contributed by atoms with E-state index in [2.05, 4.69) is 12.2 Å². The van der Waals surface area contributed by atoms with Gasteiger partial charge in [0.1, 0.15) is 11.7 Å². The minimum Gasteiger partial charge on any atom is -0.384 e. The van der Waals surface area contributed by atoms with E-state index in [9.17, 15) is 9.18 Å². The first-order valence-corrected chi connectivity index (χ1v) is 6.67. The van der Waals surface area contributed by atoms with E-state index in [1.54, 1.807) is 4.90 Å². The number of hydrogen-bond acceptors (Lipinski definition) is 2. The van der Waals surface area contributed by atoms with Crippen molar-refractivity contribution in [2.45, 2.75) is 19.8 Å². The molecule has 0 spiro atoms. The molecule has 6 heteroatoms. The van der Waals surface area contributed by atoms with Gasteiger partial charge in [0.2, 0.25) is 0 Å². The summed E-state index contributed by atoms with van der Waals surface area (Å²) >= 11 is 0. The van der Waals surface area contributed by atoms with Gasteiger partial charge in [0.25, 0.3) is 0 Å². The third-order valence-corrected chi connectivity index (χ3v) is 3.45. The molecule has 5 nitrogen and oxygen atoms in total. The van der Waals surface area contributed by atoms with Gasteiger partial charge in [-0.25, -0.2) is 9.18 Å². The lowest BCUT2D eigenvalue weighted by molar-refractivity contribution is 0.182. The Labute approximate surface area is 117 Å². The normalized spacial score (nSPS) is 18.7. The van der Waals surface area contributed by atoms with Crippen LogP contribution in [0.2, 0.25) is 0 Å². The van der Waals surface area contributed by atoms with E-state index in [1.807, 2.05) is 0 Å². The van der Waals surface area contributed by atoms with E-state index in [0.29, 0.717) is 11.6 Å². The first kappa shape index (κ1) is 14.3. The number of carbonyl (C=O) groups is 1. The summed E-state index contributed by atoms with van der Waals surface area (Å²) in [5.41, 5.74) is 5.73. The minimum atomic E-state index is -0.568. The second kappa shape index (κ2) is 5.90. The standard InChI is InChI=1S/C14H19FN4O/c1-9-3-2-6-19(8-9)14(20)18-10-4-5-12(15)11(7-10)13(16)17/h4-5,7,9H,2-3,6,8H2,1H3,(H3,16,17)(H,18,20). The molecule has 4 N–H and O–H groups in total. The number of nitrogens with one attached hydrogen (secondary N) is 2. The summed E-state index contributed by atoms with van der Waals surface area (Å²) in [6.07, 6.45) is 2.13. The number of halogens is 1. The Balaban J connectivity index is 2.07. The van der Waals surface area contributed by atoms with Crippen LogP contribution < -0.4 is 11.1 Å². The zero-order valence-electron chi connectivity index (χ0n) is 11.4. The highest BCUT2D eigenvalue weighted by atomic mass is 19.1. The summed E-state index contributed by atoms with van der Waals surface area (Å²) in [4.78, 5) is 13.9. The van der Waals surface area contributed by atoms with Crippen LogP contribution in [0.4, 0.5) is 14.9 Å². The highest BCUT2D eigenvalue weighted by Crippen LogP contribution is 2.18. The molecule has 0 aliphatic carbocycles. The van der Waals surface area contributed by atoms with Crippen molar-refractivity contribution in [3.63, 3.8) is 0 Å². The quantitative estimate of drug-likeness (QED) is 0.573.